The number of hydrogen-bond acceptors (Lipinski definition) is 2. The summed E-state index contributed by atoms with van der Waals surface area (Å²) in [6.07, 6.45) is 0.346. The number of rotatable bonds is 6. The highest BCUT2D eigenvalue weighted by Crippen LogP contribution is 2.22. The second-order valence-corrected chi connectivity index (χ2v) is 5.25. The van der Waals surface area contributed by atoms with Gasteiger partial charge in [0.1, 0.15) is 11.6 Å². The number of likely N-dealkylation sites (N-methyl/N-ethyl adjacent to an activating group) is 1. The molecule has 1 rings (SSSR count). The van der Waals surface area contributed by atoms with E-state index in [-0.39, 0.29) is 28.6 Å². The van der Waals surface area contributed by atoms with Gasteiger partial charge in [0.15, 0.2) is 0 Å². The van der Waals surface area contributed by atoms with E-state index in [0.717, 1.165) is 0 Å². The SMILES string of the molecule is CNC(COC(C)C)Cc1c(F)ccc(Br)c1F. The Morgan fingerprint density at radius 3 is 2.56 bits per heavy atom. The van der Waals surface area contributed by atoms with E-state index in [1.165, 1.54) is 12.1 Å². The molecule has 102 valence electrons. The van der Waals surface area contributed by atoms with Crippen molar-refractivity contribution < 1.29 is 13.5 Å². The van der Waals surface area contributed by atoms with Crippen molar-refractivity contribution in [3.05, 3.63) is 33.8 Å². The van der Waals surface area contributed by atoms with Crippen molar-refractivity contribution in [3.8, 4) is 0 Å². The zero-order chi connectivity index (χ0) is 13.7. The number of hydrogen-bond donors (Lipinski definition) is 1. The molecular weight excluding hydrogens is 304 g/mol. The highest BCUT2D eigenvalue weighted by Gasteiger charge is 2.17. The van der Waals surface area contributed by atoms with Gasteiger partial charge in [0.25, 0.3) is 0 Å². The van der Waals surface area contributed by atoms with Gasteiger partial charge in [-0.25, -0.2) is 8.78 Å². The molecule has 1 N–H and O–H groups in total. The van der Waals surface area contributed by atoms with E-state index < -0.39 is 11.6 Å². The van der Waals surface area contributed by atoms with Gasteiger partial charge in [0.2, 0.25) is 0 Å². The fourth-order valence-corrected chi connectivity index (χ4v) is 1.93. The van der Waals surface area contributed by atoms with Crippen LogP contribution < -0.4 is 5.32 Å². The average molecular weight is 322 g/mol. The number of halogens is 3. The quantitative estimate of drug-likeness (QED) is 0.812. The van der Waals surface area contributed by atoms with Crippen LogP contribution in [0.5, 0.6) is 0 Å². The smallest absolute Gasteiger partial charge is 0.143 e. The Kier molecular flexibility index (Phi) is 6.18. The third kappa shape index (κ3) is 4.30. The Labute approximate surface area is 115 Å². The van der Waals surface area contributed by atoms with Crippen LogP contribution in [-0.4, -0.2) is 25.8 Å². The van der Waals surface area contributed by atoms with Crippen molar-refractivity contribution in [3.63, 3.8) is 0 Å². The van der Waals surface area contributed by atoms with Crippen LogP contribution in [0.4, 0.5) is 8.78 Å². The summed E-state index contributed by atoms with van der Waals surface area (Å²) in [6, 6.07) is 2.51. The summed E-state index contributed by atoms with van der Waals surface area (Å²) < 4.78 is 33.1. The largest absolute Gasteiger partial charge is 0.377 e. The van der Waals surface area contributed by atoms with E-state index in [1.54, 1.807) is 7.05 Å². The third-order valence-corrected chi connectivity index (χ3v) is 3.24. The molecule has 0 bridgehead atoms. The second-order valence-electron chi connectivity index (χ2n) is 4.39. The Bertz CT molecular complexity index is 399. The molecule has 2 nitrogen and oxygen atoms in total. The lowest BCUT2D eigenvalue weighted by Crippen LogP contribution is -2.34. The second kappa shape index (κ2) is 7.16. The monoisotopic (exact) mass is 321 g/mol. The van der Waals surface area contributed by atoms with Gasteiger partial charge in [-0.05, 0) is 55.4 Å². The normalized spacial score (nSPS) is 13.1. The van der Waals surface area contributed by atoms with Crippen LogP contribution in [-0.2, 0) is 11.2 Å². The molecule has 0 amide bonds. The topological polar surface area (TPSA) is 21.3 Å². The van der Waals surface area contributed by atoms with Crippen LogP contribution in [0.2, 0.25) is 0 Å². The van der Waals surface area contributed by atoms with E-state index in [4.69, 9.17) is 4.74 Å². The van der Waals surface area contributed by atoms with Gasteiger partial charge in [-0.2, -0.15) is 0 Å². The van der Waals surface area contributed by atoms with E-state index in [0.29, 0.717) is 6.61 Å². The molecule has 0 aromatic heterocycles. The van der Waals surface area contributed by atoms with Crippen molar-refractivity contribution in [2.24, 2.45) is 0 Å². The summed E-state index contributed by atoms with van der Waals surface area (Å²) in [5.41, 5.74) is 0.0797. The first-order valence-electron chi connectivity index (χ1n) is 5.87. The van der Waals surface area contributed by atoms with Crippen molar-refractivity contribution >= 4 is 15.9 Å². The lowest BCUT2D eigenvalue weighted by molar-refractivity contribution is 0.0625. The Morgan fingerprint density at radius 1 is 1.33 bits per heavy atom. The first kappa shape index (κ1) is 15.5. The summed E-state index contributed by atoms with van der Waals surface area (Å²) in [6.45, 7) is 4.26. The molecule has 5 heteroatoms. The van der Waals surface area contributed by atoms with Crippen LogP contribution in [0.3, 0.4) is 0 Å². The summed E-state index contributed by atoms with van der Waals surface area (Å²) in [5, 5.41) is 3.01. The molecule has 1 aromatic carbocycles. The van der Waals surface area contributed by atoms with Gasteiger partial charge in [-0.15, -0.1) is 0 Å². The van der Waals surface area contributed by atoms with E-state index in [1.807, 2.05) is 13.8 Å². The molecule has 1 aromatic rings. The minimum Gasteiger partial charge on any atom is -0.377 e. The van der Waals surface area contributed by atoms with Crippen LogP contribution in [0.1, 0.15) is 19.4 Å². The number of benzene rings is 1. The summed E-state index contributed by atoms with van der Waals surface area (Å²) in [4.78, 5) is 0. The molecule has 0 radical (unpaired) electrons. The Morgan fingerprint density at radius 2 is 2.00 bits per heavy atom. The standard InChI is InChI=1S/C13H18BrF2NO/c1-8(2)18-7-9(17-3)6-10-12(15)5-4-11(14)13(10)16/h4-5,8-9,17H,6-7H2,1-3H3. The van der Waals surface area contributed by atoms with E-state index >= 15 is 0 Å². The zero-order valence-electron chi connectivity index (χ0n) is 10.8. The molecule has 0 spiro atoms. The fourth-order valence-electron chi connectivity index (χ4n) is 1.56. The van der Waals surface area contributed by atoms with Gasteiger partial charge in [0, 0.05) is 11.6 Å². The van der Waals surface area contributed by atoms with Crippen LogP contribution >= 0.6 is 15.9 Å². The lowest BCUT2D eigenvalue weighted by Gasteiger charge is -2.19. The molecule has 0 aliphatic carbocycles. The Balaban J connectivity index is 2.78. The molecule has 0 fully saturated rings. The molecule has 0 saturated heterocycles. The first-order chi connectivity index (χ1) is 8.45. The maximum Gasteiger partial charge on any atom is 0.143 e. The zero-order valence-corrected chi connectivity index (χ0v) is 12.4. The minimum absolute atomic E-state index is 0.0797. The molecular formula is C13H18BrF2NO. The maximum absolute atomic E-state index is 13.8. The van der Waals surface area contributed by atoms with Crippen molar-refractivity contribution in [1.82, 2.24) is 5.32 Å². The minimum atomic E-state index is -0.542. The highest BCUT2D eigenvalue weighted by molar-refractivity contribution is 9.10. The van der Waals surface area contributed by atoms with Gasteiger partial charge >= 0.3 is 0 Å². The van der Waals surface area contributed by atoms with Gasteiger partial charge in [-0.3, -0.25) is 0 Å². The van der Waals surface area contributed by atoms with Crippen molar-refractivity contribution in [1.29, 1.82) is 0 Å². The summed E-state index contributed by atoms with van der Waals surface area (Å²) in [7, 11) is 1.75. The molecule has 1 atom stereocenters. The van der Waals surface area contributed by atoms with Crippen LogP contribution in [0.25, 0.3) is 0 Å². The summed E-state index contributed by atoms with van der Waals surface area (Å²) in [5.74, 6) is -1.07. The van der Waals surface area contributed by atoms with Gasteiger partial charge in [0.05, 0.1) is 17.2 Å². The summed E-state index contributed by atoms with van der Waals surface area (Å²) >= 11 is 3.06. The van der Waals surface area contributed by atoms with Gasteiger partial charge < -0.3 is 10.1 Å². The van der Waals surface area contributed by atoms with Gasteiger partial charge in [-0.1, -0.05) is 0 Å². The average Bonchev–Trinajstić information content (AvgIpc) is 2.33. The van der Waals surface area contributed by atoms with Crippen LogP contribution in [0.15, 0.2) is 16.6 Å². The predicted octanol–water partition coefficient (Wildman–Crippen LogP) is 3.28. The molecule has 0 heterocycles. The predicted molar refractivity (Wildman–Crippen MR) is 71.7 cm³/mol. The highest BCUT2D eigenvalue weighted by atomic mass is 79.9. The number of nitrogens with one attached hydrogen (secondary N) is 1. The van der Waals surface area contributed by atoms with E-state index in [9.17, 15) is 8.78 Å². The molecule has 0 aliphatic rings. The first-order valence-corrected chi connectivity index (χ1v) is 6.66. The molecule has 1 unspecified atom stereocenters. The third-order valence-electron chi connectivity index (χ3n) is 2.63. The molecule has 18 heavy (non-hydrogen) atoms. The van der Waals surface area contributed by atoms with Crippen molar-refractivity contribution in [2.45, 2.75) is 32.4 Å². The fraction of sp³-hybridized carbons (Fsp3) is 0.538. The number of ether oxygens (including phenoxy) is 1. The van der Waals surface area contributed by atoms with Crippen LogP contribution in [0, 0.1) is 11.6 Å². The maximum atomic E-state index is 13.8. The lowest BCUT2D eigenvalue weighted by atomic mass is 10.1. The Hall–Kier alpha value is -0.520. The van der Waals surface area contributed by atoms with Crippen molar-refractivity contribution in [2.75, 3.05) is 13.7 Å². The van der Waals surface area contributed by atoms with E-state index in [2.05, 4.69) is 21.2 Å². The molecule has 0 saturated carbocycles. The molecule has 0 aliphatic heterocycles.